The Bertz CT molecular complexity index is 463. The summed E-state index contributed by atoms with van der Waals surface area (Å²) in [5, 5.41) is 9.41. The molecular weight excluding hydrogens is 441 g/mol. The number of nitrogens with zero attached hydrogens (tertiary/aromatic N) is 2. The van der Waals surface area contributed by atoms with E-state index in [4.69, 9.17) is 0 Å². The molecule has 1 rings (SSSR count). The molecule has 7 heteroatoms. The van der Waals surface area contributed by atoms with Gasteiger partial charge in [-0.2, -0.15) is 0 Å². The first-order valence-corrected chi connectivity index (χ1v) is 9.43. The Morgan fingerprint density at radius 1 is 1.08 bits per heavy atom. The standard InChI is InChI=1S/C19H39N5O.HI/c1-14-9-15(2)12-24(11-14)19(6,7)13-22-17(20-8)21-10-16(25)23-18(3,4)5;/h14-15H,9-13H2,1-8H3,(H,23,25)(H2,20,21,22);1H. The van der Waals surface area contributed by atoms with Gasteiger partial charge in [0.1, 0.15) is 0 Å². The van der Waals surface area contributed by atoms with Gasteiger partial charge in [0.05, 0.1) is 6.54 Å². The van der Waals surface area contributed by atoms with E-state index in [0.717, 1.165) is 31.5 Å². The number of halogens is 1. The highest BCUT2D eigenvalue weighted by Gasteiger charge is 2.32. The van der Waals surface area contributed by atoms with Crippen molar-refractivity contribution in [3.05, 3.63) is 0 Å². The SMILES string of the molecule is CN=C(NCC(=O)NC(C)(C)C)NCC(C)(C)N1CC(C)CC(C)C1.I. The van der Waals surface area contributed by atoms with Crippen LogP contribution in [-0.2, 0) is 4.79 Å². The highest BCUT2D eigenvalue weighted by molar-refractivity contribution is 14.0. The lowest BCUT2D eigenvalue weighted by Crippen LogP contribution is -2.57. The highest BCUT2D eigenvalue weighted by Crippen LogP contribution is 2.26. The molecular formula is C19H40IN5O. The Morgan fingerprint density at radius 3 is 2.08 bits per heavy atom. The van der Waals surface area contributed by atoms with E-state index in [-0.39, 0.29) is 47.5 Å². The Morgan fingerprint density at radius 2 is 1.62 bits per heavy atom. The zero-order chi connectivity index (χ0) is 19.3. The second-order valence-electron chi connectivity index (χ2n) is 9.24. The molecule has 0 radical (unpaired) electrons. The quantitative estimate of drug-likeness (QED) is 0.321. The third kappa shape index (κ3) is 9.39. The van der Waals surface area contributed by atoms with E-state index in [9.17, 15) is 4.79 Å². The number of carbonyl (C=O) groups is 1. The predicted octanol–water partition coefficient (Wildman–Crippen LogP) is 2.44. The third-order valence-corrected chi connectivity index (χ3v) is 4.57. The normalized spacial score (nSPS) is 22.4. The first-order chi connectivity index (χ1) is 11.4. The van der Waals surface area contributed by atoms with Crippen LogP contribution < -0.4 is 16.0 Å². The van der Waals surface area contributed by atoms with Crippen LogP contribution in [0.1, 0.15) is 54.9 Å². The molecule has 0 aromatic heterocycles. The predicted molar refractivity (Wildman–Crippen MR) is 121 cm³/mol. The summed E-state index contributed by atoms with van der Waals surface area (Å²) < 4.78 is 0. The van der Waals surface area contributed by atoms with Crippen molar-refractivity contribution in [1.29, 1.82) is 0 Å². The minimum Gasteiger partial charge on any atom is -0.355 e. The lowest BCUT2D eigenvalue weighted by Gasteiger charge is -2.45. The van der Waals surface area contributed by atoms with Gasteiger partial charge in [-0.3, -0.25) is 14.7 Å². The summed E-state index contributed by atoms with van der Waals surface area (Å²) in [6, 6.07) is 0. The van der Waals surface area contributed by atoms with Crippen molar-refractivity contribution in [3.63, 3.8) is 0 Å². The Labute approximate surface area is 177 Å². The van der Waals surface area contributed by atoms with Crippen molar-refractivity contribution >= 4 is 35.8 Å². The molecule has 0 spiro atoms. The van der Waals surface area contributed by atoms with Gasteiger partial charge in [0.25, 0.3) is 0 Å². The monoisotopic (exact) mass is 481 g/mol. The molecule has 3 N–H and O–H groups in total. The number of guanidine groups is 1. The minimum absolute atomic E-state index is 0. The summed E-state index contributed by atoms with van der Waals surface area (Å²) in [4.78, 5) is 18.7. The summed E-state index contributed by atoms with van der Waals surface area (Å²) in [5.74, 6) is 2.10. The van der Waals surface area contributed by atoms with Gasteiger partial charge in [0, 0.05) is 37.8 Å². The first-order valence-electron chi connectivity index (χ1n) is 9.43. The van der Waals surface area contributed by atoms with Gasteiger partial charge in [0.2, 0.25) is 5.91 Å². The third-order valence-electron chi connectivity index (χ3n) is 4.57. The highest BCUT2D eigenvalue weighted by atomic mass is 127. The number of nitrogens with one attached hydrogen (secondary N) is 3. The minimum atomic E-state index is -0.223. The molecule has 1 aliphatic heterocycles. The summed E-state index contributed by atoms with van der Waals surface area (Å²) in [6.45, 7) is 18.4. The lowest BCUT2D eigenvalue weighted by molar-refractivity contribution is -0.121. The van der Waals surface area contributed by atoms with Gasteiger partial charge >= 0.3 is 0 Å². The zero-order valence-electron chi connectivity index (χ0n) is 17.9. The number of piperidine rings is 1. The molecule has 1 saturated heterocycles. The maximum atomic E-state index is 11.9. The summed E-state index contributed by atoms with van der Waals surface area (Å²) in [5.41, 5.74) is -0.187. The lowest BCUT2D eigenvalue weighted by atomic mass is 9.88. The Kier molecular flexibility index (Phi) is 10.4. The van der Waals surface area contributed by atoms with E-state index in [1.54, 1.807) is 7.05 Å². The molecule has 1 fully saturated rings. The number of likely N-dealkylation sites (tertiary alicyclic amines) is 1. The van der Waals surface area contributed by atoms with Gasteiger partial charge < -0.3 is 16.0 Å². The van der Waals surface area contributed by atoms with Crippen molar-refractivity contribution in [3.8, 4) is 0 Å². The molecule has 2 atom stereocenters. The summed E-state index contributed by atoms with van der Waals surface area (Å²) in [7, 11) is 1.73. The van der Waals surface area contributed by atoms with E-state index >= 15 is 0 Å². The maximum absolute atomic E-state index is 11.9. The van der Waals surface area contributed by atoms with Gasteiger partial charge in [-0.25, -0.2) is 0 Å². The fourth-order valence-corrected chi connectivity index (χ4v) is 3.42. The van der Waals surface area contributed by atoms with Crippen LogP contribution in [0.3, 0.4) is 0 Å². The van der Waals surface area contributed by atoms with Crippen molar-refractivity contribution < 1.29 is 4.79 Å². The second-order valence-corrected chi connectivity index (χ2v) is 9.24. The van der Waals surface area contributed by atoms with Crippen LogP contribution in [0.2, 0.25) is 0 Å². The van der Waals surface area contributed by atoms with Crippen LogP contribution >= 0.6 is 24.0 Å². The molecule has 1 amide bonds. The largest absolute Gasteiger partial charge is 0.355 e. The molecule has 0 aromatic rings. The van der Waals surface area contributed by atoms with E-state index in [0.29, 0.717) is 5.96 Å². The van der Waals surface area contributed by atoms with E-state index in [1.807, 2.05) is 20.8 Å². The molecule has 0 saturated carbocycles. The van der Waals surface area contributed by atoms with Crippen LogP contribution in [0.5, 0.6) is 0 Å². The molecule has 0 aliphatic carbocycles. The van der Waals surface area contributed by atoms with Gasteiger partial charge in [-0.1, -0.05) is 13.8 Å². The van der Waals surface area contributed by atoms with Crippen LogP contribution in [0.25, 0.3) is 0 Å². The van der Waals surface area contributed by atoms with E-state index in [1.165, 1.54) is 6.42 Å². The topological polar surface area (TPSA) is 68.8 Å². The Balaban J connectivity index is 0.00000625. The number of carbonyl (C=O) groups excluding carboxylic acids is 1. The zero-order valence-corrected chi connectivity index (χ0v) is 20.2. The maximum Gasteiger partial charge on any atom is 0.239 e. The van der Waals surface area contributed by atoms with Crippen LogP contribution in [0, 0.1) is 11.8 Å². The molecule has 1 heterocycles. The molecule has 6 nitrogen and oxygen atoms in total. The molecule has 0 aromatic carbocycles. The molecule has 2 unspecified atom stereocenters. The van der Waals surface area contributed by atoms with Crippen molar-refractivity contribution in [2.75, 3.05) is 33.2 Å². The molecule has 0 bridgehead atoms. The fraction of sp³-hybridized carbons (Fsp3) is 0.895. The van der Waals surface area contributed by atoms with Crippen LogP contribution in [0.4, 0.5) is 0 Å². The fourth-order valence-electron chi connectivity index (χ4n) is 3.42. The Hall–Kier alpha value is -0.570. The van der Waals surface area contributed by atoms with Gasteiger partial charge in [-0.15, -0.1) is 24.0 Å². The van der Waals surface area contributed by atoms with Crippen LogP contribution in [0.15, 0.2) is 4.99 Å². The number of hydrogen-bond donors (Lipinski definition) is 3. The summed E-state index contributed by atoms with van der Waals surface area (Å²) in [6.07, 6.45) is 1.31. The van der Waals surface area contributed by atoms with Crippen molar-refractivity contribution in [2.24, 2.45) is 16.8 Å². The van der Waals surface area contributed by atoms with E-state index < -0.39 is 0 Å². The summed E-state index contributed by atoms with van der Waals surface area (Å²) >= 11 is 0. The average molecular weight is 481 g/mol. The second kappa shape index (κ2) is 10.7. The molecule has 26 heavy (non-hydrogen) atoms. The van der Waals surface area contributed by atoms with Gasteiger partial charge in [-0.05, 0) is 52.9 Å². The average Bonchev–Trinajstić information content (AvgIpc) is 2.44. The van der Waals surface area contributed by atoms with Crippen molar-refractivity contribution in [2.45, 2.75) is 66.0 Å². The van der Waals surface area contributed by atoms with Gasteiger partial charge in [0.15, 0.2) is 5.96 Å². The number of aliphatic imine (C=N–C) groups is 1. The first kappa shape index (κ1) is 25.4. The molecule has 154 valence electrons. The smallest absolute Gasteiger partial charge is 0.239 e. The van der Waals surface area contributed by atoms with Crippen LogP contribution in [-0.4, -0.2) is 61.1 Å². The molecule has 1 aliphatic rings. The van der Waals surface area contributed by atoms with E-state index in [2.05, 4.69) is 53.5 Å². The number of hydrogen-bond acceptors (Lipinski definition) is 3. The van der Waals surface area contributed by atoms with Crippen molar-refractivity contribution in [1.82, 2.24) is 20.9 Å². The number of rotatable bonds is 5. The number of amides is 1.